The van der Waals surface area contributed by atoms with Gasteiger partial charge in [0.2, 0.25) is 5.79 Å². The van der Waals surface area contributed by atoms with Gasteiger partial charge < -0.3 is 9.47 Å². The highest BCUT2D eigenvalue weighted by Gasteiger charge is 2.35. The fraction of sp³-hybridized carbons (Fsp3) is 0.625. The lowest BCUT2D eigenvalue weighted by atomic mass is 10.2. The van der Waals surface area contributed by atoms with Crippen LogP contribution in [-0.2, 0) is 22.3 Å². The Kier molecular flexibility index (Phi) is 1.66. The minimum atomic E-state index is -0.624. The lowest BCUT2D eigenvalue weighted by molar-refractivity contribution is -0.153. The van der Waals surface area contributed by atoms with Crippen molar-refractivity contribution < 1.29 is 9.47 Å². The maximum Gasteiger partial charge on any atom is 0.211 e. The largest absolute Gasteiger partial charge is 0.342 e. The molecule has 1 aromatic heterocycles. The van der Waals surface area contributed by atoms with Crippen LogP contribution in [0.3, 0.4) is 0 Å². The average molecular weight is 168 g/mol. The Labute approximate surface area is 71.1 Å². The zero-order chi connectivity index (χ0) is 8.60. The van der Waals surface area contributed by atoms with E-state index in [0.717, 1.165) is 5.69 Å². The number of aryl methyl sites for hydroxylation is 1. The first-order chi connectivity index (χ1) is 5.71. The highest BCUT2D eigenvalue weighted by molar-refractivity contribution is 5.06. The molecule has 0 atom stereocenters. The molecule has 12 heavy (non-hydrogen) atoms. The van der Waals surface area contributed by atoms with Crippen LogP contribution in [0.4, 0.5) is 0 Å². The monoisotopic (exact) mass is 168 g/mol. The molecule has 4 heteroatoms. The Morgan fingerprint density at radius 3 is 2.67 bits per heavy atom. The van der Waals surface area contributed by atoms with E-state index >= 15 is 0 Å². The number of ether oxygens (including phenoxy) is 2. The van der Waals surface area contributed by atoms with Crippen molar-refractivity contribution in [3.05, 3.63) is 18.0 Å². The molecule has 1 aromatic rings. The van der Waals surface area contributed by atoms with E-state index in [1.165, 1.54) is 0 Å². The zero-order valence-corrected chi connectivity index (χ0v) is 7.28. The van der Waals surface area contributed by atoms with Crippen molar-refractivity contribution in [1.82, 2.24) is 9.78 Å². The molecule has 1 fully saturated rings. The predicted molar refractivity (Wildman–Crippen MR) is 42.5 cm³/mol. The number of rotatable bonds is 1. The number of hydrogen-bond donors (Lipinski definition) is 0. The zero-order valence-electron chi connectivity index (χ0n) is 7.28. The molecule has 66 valence electrons. The number of nitrogens with zero attached hydrogens (tertiary/aromatic N) is 2. The van der Waals surface area contributed by atoms with Gasteiger partial charge in [0.05, 0.1) is 13.2 Å². The quantitative estimate of drug-likeness (QED) is 0.617. The summed E-state index contributed by atoms with van der Waals surface area (Å²) < 4.78 is 12.6. The summed E-state index contributed by atoms with van der Waals surface area (Å²) >= 11 is 0. The van der Waals surface area contributed by atoms with Gasteiger partial charge in [-0.3, -0.25) is 4.68 Å². The summed E-state index contributed by atoms with van der Waals surface area (Å²) in [4.78, 5) is 0. The van der Waals surface area contributed by atoms with Crippen LogP contribution in [0.2, 0.25) is 0 Å². The summed E-state index contributed by atoms with van der Waals surface area (Å²) in [5.41, 5.74) is 0.836. The van der Waals surface area contributed by atoms with Crippen molar-refractivity contribution in [1.29, 1.82) is 0 Å². The van der Waals surface area contributed by atoms with Gasteiger partial charge in [-0.2, -0.15) is 5.10 Å². The molecule has 2 rings (SSSR count). The third kappa shape index (κ3) is 1.13. The molecule has 0 saturated carbocycles. The van der Waals surface area contributed by atoms with Gasteiger partial charge in [0.15, 0.2) is 0 Å². The minimum absolute atomic E-state index is 0.624. The molecule has 0 radical (unpaired) electrons. The van der Waals surface area contributed by atoms with E-state index in [1.807, 2.05) is 26.2 Å². The molecule has 0 aliphatic carbocycles. The minimum Gasteiger partial charge on any atom is -0.342 e. The normalized spacial score (nSPS) is 21.5. The molecule has 0 bridgehead atoms. The summed E-state index contributed by atoms with van der Waals surface area (Å²) in [6.45, 7) is 3.18. The maximum absolute atomic E-state index is 5.44. The van der Waals surface area contributed by atoms with Crippen LogP contribution in [0, 0.1) is 0 Å². The molecule has 1 aliphatic heterocycles. The summed E-state index contributed by atoms with van der Waals surface area (Å²) in [5.74, 6) is -0.624. The van der Waals surface area contributed by atoms with Crippen LogP contribution in [0.15, 0.2) is 12.3 Å². The molecule has 0 aromatic carbocycles. The fourth-order valence-electron chi connectivity index (χ4n) is 1.32. The average Bonchev–Trinajstić information content (AvgIpc) is 2.59. The van der Waals surface area contributed by atoms with Crippen LogP contribution >= 0.6 is 0 Å². The Hall–Kier alpha value is -0.870. The van der Waals surface area contributed by atoms with Gasteiger partial charge in [0.1, 0.15) is 5.69 Å². The summed E-state index contributed by atoms with van der Waals surface area (Å²) in [6, 6.07) is 1.91. The van der Waals surface area contributed by atoms with Gasteiger partial charge >= 0.3 is 0 Å². The molecule has 4 nitrogen and oxygen atoms in total. The Morgan fingerprint density at radius 2 is 2.17 bits per heavy atom. The second-order valence-corrected chi connectivity index (χ2v) is 3.02. The van der Waals surface area contributed by atoms with Crippen LogP contribution in [-0.4, -0.2) is 23.0 Å². The third-order valence-electron chi connectivity index (χ3n) is 2.02. The van der Waals surface area contributed by atoms with Crippen molar-refractivity contribution in [2.24, 2.45) is 7.05 Å². The molecule has 1 aliphatic rings. The third-order valence-corrected chi connectivity index (χ3v) is 2.02. The van der Waals surface area contributed by atoms with Gasteiger partial charge in [0, 0.05) is 13.2 Å². The smallest absolute Gasteiger partial charge is 0.211 e. The first-order valence-corrected chi connectivity index (χ1v) is 3.99. The van der Waals surface area contributed by atoms with Crippen molar-refractivity contribution >= 4 is 0 Å². The Balaban J connectivity index is 2.28. The predicted octanol–water partition coefficient (Wildman–Crippen LogP) is 0.640. The highest BCUT2D eigenvalue weighted by atomic mass is 16.7. The second kappa shape index (κ2) is 2.57. The highest BCUT2D eigenvalue weighted by Crippen LogP contribution is 2.28. The van der Waals surface area contributed by atoms with Crippen molar-refractivity contribution in [3.63, 3.8) is 0 Å². The van der Waals surface area contributed by atoms with Crippen LogP contribution in [0.5, 0.6) is 0 Å². The number of hydrogen-bond acceptors (Lipinski definition) is 3. The van der Waals surface area contributed by atoms with Crippen LogP contribution in [0.1, 0.15) is 12.6 Å². The van der Waals surface area contributed by atoms with E-state index in [-0.39, 0.29) is 0 Å². The Bertz CT molecular complexity index is 276. The van der Waals surface area contributed by atoms with Gasteiger partial charge in [0.25, 0.3) is 0 Å². The van der Waals surface area contributed by atoms with Gasteiger partial charge in [-0.15, -0.1) is 0 Å². The first kappa shape index (κ1) is 7.76. The van der Waals surface area contributed by atoms with E-state index in [2.05, 4.69) is 5.10 Å². The second-order valence-electron chi connectivity index (χ2n) is 3.02. The van der Waals surface area contributed by atoms with Gasteiger partial charge in [-0.05, 0) is 13.0 Å². The molecule has 0 unspecified atom stereocenters. The van der Waals surface area contributed by atoms with E-state index in [9.17, 15) is 0 Å². The SMILES string of the molecule is Cn1ccc(C2(C)OCCO2)n1. The summed E-state index contributed by atoms with van der Waals surface area (Å²) in [6.07, 6.45) is 1.88. The van der Waals surface area contributed by atoms with Gasteiger partial charge in [-0.25, -0.2) is 0 Å². The molecule has 1 saturated heterocycles. The standard InChI is InChI=1S/C8H12N2O2/c1-8(11-5-6-12-8)7-3-4-10(2)9-7/h3-4H,5-6H2,1-2H3. The summed E-state index contributed by atoms with van der Waals surface area (Å²) in [7, 11) is 1.88. The Morgan fingerprint density at radius 1 is 1.50 bits per heavy atom. The van der Waals surface area contributed by atoms with Crippen molar-refractivity contribution in [2.75, 3.05) is 13.2 Å². The van der Waals surface area contributed by atoms with E-state index < -0.39 is 5.79 Å². The molecular weight excluding hydrogens is 156 g/mol. The van der Waals surface area contributed by atoms with E-state index in [4.69, 9.17) is 9.47 Å². The molecular formula is C8H12N2O2. The number of aromatic nitrogens is 2. The van der Waals surface area contributed by atoms with Gasteiger partial charge in [-0.1, -0.05) is 0 Å². The van der Waals surface area contributed by atoms with Crippen LogP contribution in [0.25, 0.3) is 0 Å². The maximum atomic E-state index is 5.44. The topological polar surface area (TPSA) is 36.3 Å². The lowest BCUT2D eigenvalue weighted by Crippen LogP contribution is -2.23. The van der Waals surface area contributed by atoms with Crippen LogP contribution < -0.4 is 0 Å². The molecule has 0 spiro atoms. The lowest BCUT2D eigenvalue weighted by Gasteiger charge is -2.18. The molecule has 2 heterocycles. The molecule has 0 N–H and O–H groups in total. The van der Waals surface area contributed by atoms with Crippen molar-refractivity contribution in [2.45, 2.75) is 12.7 Å². The fourth-order valence-corrected chi connectivity index (χ4v) is 1.32. The molecule has 0 amide bonds. The summed E-state index contributed by atoms with van der Waals surface area (Å²) in [5, 5.41) is 4.23. The van der Waals surface area contributed by atoms with Crippen molar-refractivity contribution in [3.8, 4) is 0 Å². The first-order valence-electron chi connectivity index (χ1n) is 3.99. The van der Waals surface area contributed by atoms with E-state index in [0.29, 0.717) is 13.2 Å². The van der Waals surface area contributed by atoms with E-state index in [1.54, 1.807) is 4.68 Å².